The highest BCUT2D eigenvalue weighted by Crippen LogP contribution is 2.48. The quantitative estimate of drug-likeness (QED) is 0.0441. The molecule has 6 aromatic rings. The van der Waals surface area contributed by atoms with E-state index in [-0.39, 0.29) is 106 Å². The smallest absolute Gasteiger partial charge is 0.277 e. The first-order valence-corrected chi connectivity index (χ1v) is 28.4. The van der Waals surface area contributed by atoms with Crippen LogP contribution in [0.1, 0.15) is 142 Å². The number of aromatic amines is 2. The summed E-state index contributed by atoms with van der Waals surface area (Å²) in [5.41, 5.74) is 0.294. The lowest BCUT2D eigenvalue weighted by Crippen LogP contribution is -2.26. The average molecular weight is 1260 g/mol. The second-order valence-corrected chi connectivity index (χ2v) is 25.1. The molecule has 6 rings (SSSR count). The van der Waals surface area contributed by atoms with E-state index in [9.17, 15) is 19.2 Å². The van der Waals surface area contributed by atoms with E-state index in [0.29, 0.717) is 11.5 Å². The zero-order valence-corrected chi connectivity index (χ0v) is 52.1. The molecular weight excluding hydrogens is 1200 g/mol. The lowest BCUT2D eigenvalue weighted by atomic mass is 9.76. The number of carbonyl (C=O) groups excluding carboxylic acids is 2. The Morgan fingerprint density at radius 1 is 0.468 bits per heavy atom. The molecule has 0 unspecified atom stereocenters. The van der Waals surface area contributed by atoms with Crippen LogP contribution in [0, 0.1) is 0 Å². The number of H-pyrrole nitrogens is 2. The van der Waals surface area contributed by atoms with E-state index < -0.39 is 42.6 Å². The maximum atomic E-state index is 14.9. The number of halogens is 10. The number of rotatable bonds is 20. The minimum Gasteiger partial charge on any atom is -0.483 e. The molecule has 4 N–H and O–H groups in total. The van der Waals surface area contributed by atoms with Gasteiger partial charge < -0.3 is 20.1 Å². The topological polar surface area (TPSA) is 152 Å². The maximum absolute atomic E-state index is 14.9. The number of nitrogens with zero attached hydrogens (tertiary/aromatic N) is 2. The van der Waals surface area contributed by atoms with Crippen molar-refractivity contribution in [1.82, 2.24) is 19.6 Å². The lowest BCUT2D eigenvalue weighted by Gasteiger charge is -2.30. The molecule has 0 fully saturated rings. The molecule has 0 saturated heterocycles. The van der Waals surface area contributed by atoms with Gasteiger partial charge in [-0.05, 0) is 70.6 Å². The van der Waals surface area contributed by atoms with E-state index in [1.54, 1.807) is 0 Å². The molecular formula is C55H60Cl10N6O6. The van der Waals surface area contributed by atoms with Crippen molar-refractivity contribution in [2.45, 2.75) is 137 Å². The monoisotopic (exact) mass is 1250 g/mol. The summed E-state index contributed by atoms with van der Waals surface area (Å²) in [4.78, 5) is 58.2. The van der Waals surface area contributed by atoms with Crippen LogP contribution in [-0.4, -0.2) is 44.6 Å². The van der Waals surface area contributed by atoms with E-state index in [4.69, 9.17) is 125 Å². The molecule has 416 valence electrons. The Morgan fingerprint density at radius 3 is 1.04 bits per heavy atom. The minimum absolute atomic E-state index is 0.130. The van der Waals surface area contributed by atoms with Gasteiger partial charge in [-0.15, -0.1) is 0 Å². The Kier molecular flexibility index (Phi) is 19.7. The van der Waals surface area contributed by atoms with Gasteiger partial charge in [-0.2, -0.15) is 0 Å². The van der Waals surface area contributed by atoms with Gasteiger partial charge in [-0.1, -0.05) is 223 Å². The van der Waals surface area contributed by atoms with Crippen molar-refractivity contribution in [3.05, 3.63) is 141 Å². The second-order valence-electron chi connectivity index (χ2n) is 21.3. The summed E-state index contributed by atoms with van der Waals surface area (Å²) in [6.45, 7) is 24.3. The third-order valence-corrected chi connectivity index (χ3v) is 19.4. The summed E-state index contributed by atoms with van der Waals surface area (Å²) in [6.07, 6.45) is 2.69. The Balaban J connectivity index is 1.49. The molecule has 12 nitrogen and oxygen atoms in total. The zero-order chi connectivity index (χ0) is 57.6. The molecule has 2 aromatic heterocycles. The van der Waals surface area contributed by atoms with Crippen LogP contribution in [0.4, 0.5) is 11.6 Å². The molecule has 0 aliphatic rings. The van der Waals surface area contributed by atoms with Crippen molar-refractivity contribution in [2.24, 2.45) is 0 Å². The van der Waals surface area contributed by atoms with Crippen LogP contribution in [-0.2, 0) is 37.7 Å². The fraction of sp³-hybridized carbons (Fsp3) is 0.418. The van der Waals surface area contributed by atoms with Crippen molar-refractivity contribution in [3.8, 4) is 22.9 Å². The van der Waals surface area contributed by atoms with Gasteiger partial charge in [0, 0.05) is 17.5 Å². The van der Waals surface area contributed by atoms with E-state index >= 15 is 0 Å². The van der Waals surface area contributed by atoms with E-state index in [2.05, 4.69) is 116 Å². The molecule has 2 amide bonds. The number of anilines is 2. The largest absolute Gasteiger partial charge is 0.483 e. The van der Waals surface area contributed by atoms with Gasteiger partial charge in [0.1, 0.15) is 34.5 Å². The van der Waals surface area contributed by atoms with Crippen molar-refractivity contribution >= 4 is 139 Å². The van der Waals surface area contributed by atoms with Crippen molar-refractivity contribution < 1.29 is 19.1 Å². The van der Waals surface area contributed by atoms with Crippen LogP contribution in [0.2, 0.25) is 50.2 Å². The summed E-state index contributed by atoms with van der Waals surface area (Å²) in [5.74, 6) is -0.959. The normalized spacial score (nSPS) is 12.3. The molecule has 0 radical (unpaired) electrons. The average Bonchev–Trinajstić information content (AvgIpc) is 3.87. The first-order chi connectivity index (χ1) is 35.8. The minimum atomic E-state index is -0.900. The van der Waals surface area contributed by atoms with Crippen LogP contribution in [0.25, 0.3) is 11.4 Å². The Morgan fingerprint density at radius 2 is 0.753 bits per heavy atom. The maximum Gasteiger partial charge on any atom is 0.277 e. The Labute approximate surface area is 498 Å². The number of hydrogen-bond acceptors (Lipinski definition) is 6. The third-order valence-electron chi connectivity index (χ3n) is 14.9. The highest BCUT2D eigenvalue weighted by Gasteiger charge is 2.33. The van der Waals surface area contributed by atoms with Gasteiger partial charge in [0.15, 0.2) is 13.2 Å². The van der Waals surface area contributed by atoms with Gasteiger partial charge in [-0.3, -0.25) is 29.4 Å². The summed E-state index contributed by atoms with van der Waals surface area (Å²) in [5, 5.41) is 8.71. The van der Waals surface area contributed by atoms with Crippen LogP contribution in [0.5, 0.6) is 11.5 Å². The van der Waals surface area contributed by atoms with Crippen LogP contribution in [0.15, 0.2) is 46.0 Å². The SMILES string of the molecule is CCC(C)(C)c1ccc(OCC(=O)Nc2[nH]n(-c3c(Cl)c(Cl)c(Cl)c(Cl)c3Cl)c(=O)c2Cc2c(NC(=O)COc3ccc(C(C)(C)CC)cc3C(C)(C)CC)[nH]n(-c3c(Cl)c(Cl)c(Cl)c(Cl)c3Cl)c2=O)c(C(C)(C)CC)c1. The Hall–Kier alpha value is -3.66. The number of benzene rings is 4. The molecule has 0 atom stereocenters. The summed E-state index contributed by atoms with van der Waals surface area (Å²) < 4.78 is 14.3. The van der Waals surface area contributed by atoms with E-state index in [1.807, 2.05) is 24.3 Å². The number of nitrogens with one attached hydrogen (secondary N) is 4. The first-order valence-electron chi connectivity index (χ1n) is 24.7. The van der Waals surface area contributed by atoms with Crippen molar-refractivity contribution in [3.63, 3.8) is 0 Å². The fourth-order valence-electron chi connectivity index (χ4n) is 8.19. The summed E-state index contributed by atoms with van der Waals surface area (Å²) >= 11 is 65.5. The molecule has 2 heterocycles. The molecule has 0 spiro atoms. The molecule has 4 aromatic carbocycles. The molecule has 0 bridgehead atoms. The molecule has 0 aliphatic heterocycles. The molecule has 77 heavy (non-hydrogen) atoms. The van der Waals surface area contributed by atoms with Gasteiger partial charge >= 0.3 is 0 Å². The van der Waals surface area contributed by atoms with Crippen LogP contribution in [0.3, 0.4) is 0 Å². The van der Waals surface area contributed by atoms with Crippen molar-refractivity contribution in [2.75, 3.05) is 23.8 Å². The van der Waals surface area contributed by atoms with Gasteiger partial charge in [-0.25, -0.2) is 9.36 Å². The lowest BCUT2D eigenvalue weighted by molar-refractivity contribution is -0.118. The third kappa shape index (κ3) is 12.6. The standard InChI is InChI=1S/C55H60Cl10N6O6/c1-13-52(5,6)26-17-19-32(30(21-26)54(9,10)15-3)76-24-34(72)66-48-28(50(74)70(68-48)46-42(62)38(58)36(56)39(59)43(46)63)23-29-49(69-71(51(29)75)47-44(64)40(60)37(57)41(61)45(47)65)67-35(73)25-77-33-20-18-27(53(7,8)14-2)22-31(33)55(11,12)16-4/h17-22,68-69H,13-16,23-25H2,1-12H3,(H,66,72)(H,67,73). The predicted octanol–water partition coefficient (Wildman–Crippen LogP) is 17.6. The molecule has 22 heteroatoms. The molecule has 0 saturated carbocycles. The van der Waals surface area contributed by atoms with Gasteiger partial charge in [0.05, 0.1) is 61.4 Å². The van der Waals surface area contributed by atoms with Crippen LogP contribution < -0.4 is 31.2 Å². The van der Waals surface area contributed by atoms with Crippen molar-refractivity contribution in [1.29, 1.82) is 0 Å². The number of aromatic nitrogens is 4. The zero-order valence-electron chi connectivity index (χ0n) is 44.5. The van der Waals surface area contributed by atoms with Gasteiger partial charge in [0.25, 0.3) is 22.9 Å². The van der Waals surface area contributed by atoms with Crippen LogP contribution >= 0.6 is 116 Å². The predicted molar refractivity (Wildman–Crippen MR) is 320 cm³/mol. The number of carbonyl (C=O) groups is 2. The summed E-state index contributed by atoms with van der Waals surface area (Å²) in [6, 6.07) is 11.9. The number of amides is 2. The highest BCUT2D eigenvalue weighted by atomic mass is 35.5. The first kappa shape index (κ1) is 62.5. The van der Waals surface area contributed by atoms with E-state index in [1.165, 1.54) is 0 Å². The number of hydrogen-bond donors (Lipinski definition) is 4. The summed E-state index contributed by atoms with van der Waals surface area (Å²) in [7, 11) is 0. The van der Waals surface area contributed by atoms with Gasteiger partial charge in [0.2, 0.25) is 0 Å². The van der Waals surface area contributed by atoms with E-state index in [0.717, 1.165) is 57.3 Å². The highest BCUT2D eigenvalue weighted by molar-refractivity contribution is 6.57. The fourth-order valence-corrected chi connectivity index (χ4v) is 10.8. The number of ether oxygens (including phenoxy) is 2. The Bertz CT molecular complexity index is 3130. The second kappa shape index (κ2) is 24.2. The molecule has 0 aliphatic carbocycles.